The molecule has 0 aliphatic carbocycles. The predicted molar refractivity (Wildman–Crippen MR) is 98.3 cm³/mol. The van der Waals surface area contributed by atoms with Crippen molar-refractivity contribution >= 4 is 34.7 Å². The van der Waals surface area contributed by atoms with Crippen molar-refractivity contribution in [3.8, 4) is 16.6 Å². The second-order valence-corrected chi connectivity index (χ2v) is 7.59. The van der Waals surface area contributed by atoms with Crippen LogP contribution in [0.1, 0.15) is 16.7 Å². The molecule has 0 N–H and O–H groups in total. The maximum absolute atomic E-state index is 13.5. The van der Waals surface area contributed by atoms with Crippen LogP contribution in [0.4, 0.5) is 13.2 Å². The summed E-state index contributed by atoms with van der Waals surface area (Å²) in [5.74, 6) is 0.355. The van der Waals surface area contributed by atoms with Gasteiger partial charge in [0.2, 0.25) is 0 Å². The second-order valence-electron chi connectivity index (χ2n) is 5.24. The lowest BCUT2D eigenvalue weighted by Crippen LogP contribution is -2.10. The SMILES string of the molecule is N#Cc1c(C(F)(F)F)cc(-c2cccs2)nc1SCc1cccc(Cl)c1. The summed E-state index contributed by atoms with van der Waals surface area (Å²) in [7, 11) is 0. The van der Waals surface area contributed by atoms with Crippen molar-refractivity contribution in [3.63, 3.8) is 0 Å². The summed E-state index contributed by atoms with van der Waals surface area (Å²) < 4.78 is 40.4. The standard InChI is InChI=1S/C18H10ClF3N2S2/c19-12-4-1-3-11(7-12)10-26-17-13(9-23)14(18(20,21)22)8-15(24-17)16-5-2-6-25-16/h1-8H,10H2. The molecule has 0 aliphatic heterocycles. The molecule has 0 amide bonds. The number of rotatable bonds is 4. The molecule has 2 aromatic heterocycles. The third-order valence-electron chi connectivity index (χ3n) is 3.44. The Bertz CT molecular complexity index is 964. The quantitative estimate of drug-likeness (QED) is 0.452. The molecule has 0 saturated heterocycles. The van der Waals surface area contributed by atoms with Crippen molar-refractivity contribution in [1.29, 1.82) is 5.26 Å². The topological polar surface area (TPSA) is 36.7 Å². The first-order chi connectivity index (χ1) is 12.4. The van der Waals surface area contributed by atoms with E-state index in [1.807, 2.05) is 6.07 Å². The van der Waals surface area contributed by atoms with Gasteiger partial charge >= 0.3 is 6.18 Å². The highest BCUT2D eigenvalue weighted by molar-refractivity contribution is 7.98. The molecule has 0 bridgehead atoms. The summed E-state index contributed by atoms with van der Waals surface area (Å²) in [5, 5.41) is 11.7. The number of alkyl halides is 3. The Balaban J connectivity index is 2.04. The molecule has 0 fully saturated rings. The molecule has 3 aromatic rings. The van der Waals surface area contributed by atoms with Crippen LogP contribution in [0.15, 0.2) is 52.9 Å². The number of benzene rings is 1. The van der Waals surface area contributed by atoms with Gasteiger partial charge in [-0.15, -0.1) is 23.1 Å². The minimum atomic E-state index is -4.63. The first-order valence-corrected chi connectivity index (χ1v) is 9.56. The summed E-state index contributed by atoms with van der Waals surface area (Å²) >= 11 is 8.32. The Morgan fingerprint density at radius 1 is 1.19 bits per heavy atom. The van der Waals surface area contributed by atoms with Gasteiger partial charge in [-0.05, 0) is 35.2 Å². The zero-order chi connectivity index (χ0) is 18.7. The van der Waals surface area contributed by atoms with Gasteiger partial charge < -0.3 is 0 Å². The van der Waals surface area contributed by atoms with E-state index in [2.05, 4.69) is 4.98 Å². The van der Waals surface area contributed by atoms with Gasteiger partial charge in [0.1, 0.15) is 11.1 Å². The van der Waals surface area contributed by atoms with Crippen LogP contribution >= 0.6 is 34.7 Å². The molecule has 0 radical (unpaired) electrons. The lowest BCUT2D eigenvalue weighted by atomic mass is 10.1. The first kappa shape index (κ1) is 18.8. The lowest BCUT2D eigenvalue weighted by molar-refractivity contribution is -0.138. The molecule has 0 aliphatic rings. The molecule has 0 atom stereocenters. The minimum Gasteiger partial charge on any atom is -0.239 e. The normalized spacial score (nSPS) is 11.3. The summed E-state index contributed by atoms with van der Waals surface area (Å²) in [6, 6.07) is 13.1. The van der Waals surface area contributed by atoms with Gasteiger partial charge in [-0.25, -0.2) is 4.98 Å². The summed E-state index contributed by atoms with van der Waals surface area (Å²) in [6.07, 6.45) is -4.63. The third-order valence-corrected chi connectivity index (χ3v) is 5.62. The van der Waals surface area contributed by atoms with Gasteiger partial charge in [-0.3, -0.25) is 0 Å². The fraction of sp³-hybridized carbons (Fsp3) is 0.111. The highest BCUT2D eigenvalue weighted by atomic mass is 35.5. The predicted octanol–water partition coefficient (Wildman–Crippen LogP) is 6.65. The van der Waals surface area contributed by atoms with Crippen LogP contribution < -0.4 is 0 Å². The zero-order valence-electron chi connectivity index (χ0n) is 13.0. The van der Waals surface area contributed by atoms with Gasteiger partial charge in [0.25, 0.3) is 0 Å². The van der Waals surface area contributed by atoms with Crippen molar-refractivity contribution in [2.45, 2.75) is 17.0 Å². The van der Waals surface area contributed by atoms with Crippen LogP contribution in [0.3, 0.4) is 0 Å². The minimum absolute atomic E-state index is 0.0608. The van der Waals surface area contributed by atoms with Crippen molar-refractivity contribution in [2.75, 3.05) is 0 Å². The van der Waals surface area contributed by atoms with Crippen LogP contribution in [0.5, 0.6) is 0 Å². The highest BCUT2D eigenvalue weighted by Gasteiger charge is 2.36. The Hall–Kier alpha value is -2.01. The molecule has 8 heteroatoms. The van der Waals surface area contributed by atoms with Crippen molar-refractivity contribution < 1.29 is 13.2 Å². The van der Waals surface area contributed by atoms with E-state index < -0.39 is 17.3 Å². The number of thioether (sulfide) groups is 1. The fourth-order valence-corrected chi connectivity index (χ4v) is 4.13. The molecular weight excluding hydrogens is 401 g/mol. The maximum atomic E-state index is 13.5. The number of hydrogen-bond acceptors (Lipinski definition) is 4. The van der Waals surface area contributed by atoms with Crippen molar-refractivity contribution in [1.82, 2.24) is 4.98 Å². The number of nitriles is 1. The van der Waals surface area contributed by atoms with Crippen molar-refractivity contribution in [3.05, 3.63) is 69.6 Å². The monoisotopic (exact) mass is 410 g/mol. The lowest BCUT2D eigenvalue weighted by Gasteiger charge is -2.13. The smallest absolute Gasteiger partial charge is 0.239 e. The molecule has 132 valence electrons. The summed E-state index contributed by atoms with van der Waals surface area (Å²) in [6.45, 7) is 0. The molecule has 1 aromatic carbocycles. The molecule has 3 rings (SSSR count). The Morgan fingerprint density at radius 3 is 2.62 bits per heavy atom. The van der Waals surface area contributed by atoms with Crippen LogP contribution in [-0.2, 0) is 11.9 Å². The van der Waals surface area contributed by atoms with E-state index in [1.54, 1.807) is 41.8 Å². The molecule has 2 nitrogen and oxygen atoms in total. The van der Waals surface area contributed by atoms with E-state index >= 15 is 0 Å². The van der Waals surface area contributed by atoms with E-state index in [4.69, 9.17) is 11.6 Å². The number of nitrogens with zero attached hydrogens (tertiary/aromatic N) is 2. The molecule has 0 spiro atoms. The summed E-state index contributed by atoms with van der Waals surface area (Å²) in [5.41, 5.74) is -0.375. The molecule has 2 heterocycles. The van der Waals surface area contributed by atoms with Crippen LogP contribution in [0.25, 0.3) is 10.6 Å². The second kappa shape index (κ2) is 7.70. The Labute approximate surface area is 161 Å². The maximum Gasteiger partial charge on any atom is 0.417 e. The van der Waals surface area contributed by atoms with Crippen LogP contribution in [-0.4, -0.2) is 4.98 Å². The number of halogens is 4. The number of aromatic nitrogens is 1. The van der Waals surface area contributed by atoms with E-state index in [9.17, 15) is 18.4 Å². The van der Waals surface area contributed by atoms with Gasteiger partial charge in [-0.2, -0.15) is 18.4 Å². The van der Waals surface area contributed by atoms with E-state index in [1.165, 1.54) is 11.3 Å². The van der Waals surface area contributed by atoms with E-state index in [0.29, 0.717) is 15.7 Å². The van der Waals surface area contributed by atoms with Crippen LogP contribution in [0, 0.1) is 11.3 Å². The zero-order valence-corrected chi connectivity index (χ0v) is 15.4. The molecule has 26 heavy (non-hydrogen) atoms. The van der Waals surface area contributed by atoms with E-state index in [-0.39, 0.29) is 10.7 Å². The highest BCUT2D eigenvalue weighted by Crippen LogP contribution is 2.39. The summed E-state index contributed by atoms with van der Waals surface area (Å²) in [4.78, 5) is 4.93. The van der Waals surface area contributed by atoms with Gasteiger partial charge in [-0.1, -0.05) is 29.8 Å². The fourth-order valence-electron chi connectivity index (χ4n) is 2.29. The number of thiophene rings is 1. The Kier molecular flexibility index (Phi) is 5.56. The van der Waals surface area contributed by atoms with E-state index in [0.717, 1.165) is 23.4 Å². The van der Waals surface area contributed by atoms with Gasteiger partial charge in [0.05, 0.1) is 21.7 Å². The molecule has 0 saturated carbocycles. The average Bonchev–Trinajstić information content (AvgIpc) is 3.13. The van der Waals surface area contributed by atoms with Gasteiger partial charge in [0, 0.05) is 10.8 Å². The van der Waals surface area contributed by atoms with Gasteiger partial charge in [0.15, 0.2) is 0 Å². The molecule has 0 unspecified atom stereocenters. The van der Waals surface area contributed by atoms with Crippen LogP contribution in [0.2, 0.25) is 5.02 Å². The largest absolute Gasteiger partial charge is 0.417 e. The Morgan fingerprint density at radius 2 is 2.00 bits per heavy atom. The number of hydrogen-bond donors (Lipinski definition) is 0. The molecular formula is C18H10ClF3N2S2. The third kappa shape index (κ3) is 4.21. The average molecular weight is 411 g/mol. The van der Waals surface area contributed by atoms with Crippen molar-refractivity contribution in [2.24, 2.45) is 0 Å². The first-order valence-electron chi connectivity index (χ1n) is 7.32. The number of pyridine rings is 1.